The summed E-state index contributed by atoms with van der Waals surface area (Å²) in [5.74, 6) is 0. The van der Waals surface area contributed by atoms with Crippen molar-refractivity contribution < 1.29 is 4.74 Å². The summed E-state index contributed by atoms with van der Waals surface area (Å²) in [5.41, 5.74) is 0. The van der Waals surface area contributed by atoms with Gasteiger partial charge in [0.05, 0.1) is 12.2 Å². The van der Waals surface area contributed by atoms with Crippen LogP contribution >= 0.6 is 0 Å². The smallest absolute Gasteiger partial charge is 0.0876 e. The van der Waals surface area contributed by atoms with Crippen molar-refractivity contribution in [2.75, 3.05) is 0 Å². The molecule has 0 aromatic heterocycles. The van der Waals surface area contributed by atoms with E-state index in [0.29, 0.717) is 12.2 Å². The van der Waals surface area contributed by atoms with Crippen molar-refractivity contribution >= 4 is 0 Å². The quantitative estimate of drug-likeness (QED) is 0.396. The average molecular weight is 164 g/mol. The molecule has 66 valence electrons. The SMILES string of the molecule is C1=CCCC2OC2C/C=C/CC1. The van der Waals surface area contributed by atoms with Crippen molar-refractivity contribution in [3.05, 3.63) is 24.3 Å². The lowest BCUT2D eigenvalue weighted by Gasteiger charge is -1.88. The maximum Gasteiger partial charge on any atom is 0.0876 e. The molecule has 0 bridgehead atoms. The Kier molecular flexibility index (Phi) is 2.62. The largest absolute Gasteiger partial charge is 0.369 e. The van der Waals surface area contributed by atoms with Crippen LogP contribution in [0.4, 0.5) is 0 Å². The Balaban J connectivity index is 1.85. The van der Waals surface area contributed by atoms with Gasteiger partial charge in [-0.05, 0) is 32.1 Å². The van der Waals surface area contributed by atoms with E-state index in [0.717, 1.165) is 6.42 Å². The summed E-state index contributed by atoms with van der Waals surface area (Å²) in [6, 6.07) is 0. The Bertz CT molecular complexity index is 193. The van der Waals surface area contributed by atoms with Gasteiger partial charge in [0.1, 0.15) is 0 Å². The number of hydrogen-bond acceptors (Lipinski definition) is 1. The van der Waals surface area contributed by atoms with E-state index in [1.165, 1.54) is 25.7 Å². The summed E-state index contributed by atoms with van der Waals surface area (Å²) in [4.78, 5) is 0. The minimum Gasteiger partial charge on any atom is -0.369 e. The number of hydrogen-bond donors (Lipinski definition) is 0. The molecule has 0 spiro atoms. The molecule has 1 saturated heterocycles. The van der Waals surface area contributed by atoms with Crippen molar-refractivity contribution in [1.82, 2.24) is 0 Å². The molecule has 2 atom stereocenters. The second-order valence-corrected chi connectivity index (χ2v) is 3.55. The summed E-state index contributed by atoms with van der Waals surface area (Å²) in [6.07, 6.45) is 16.2. The average Bonchev–Trinajstić information content (AvgIpc) is 2.78. The van der Waals surface area contributed by atoms with Crippen LogP contribution in [0.2, 0.25) is 0 Å². The van der Waals surface area contributed by atoms with Gasteiger partial charge < -0.3 is 4.74 Å². The first-order valence-corrected chi connectivity index (χ1v) is 4.92. The molecule has 2 rings (SSSR count). The number of epoxide rings is 1. The van der Waals surface area contributed by atoms with Gasteiger partial charge in [0.15, 0.2) is 0 Å². The van der Waals surface area contributed by atoms with E-state index >= 15 is 0 Å². The molecule has 1 heteroatoms. The fraction of sp³-hybridized carbons (Fsp3) is 0.636. The highest BCUT2D eigenvalue weighted by Gasteiger charge is 2.36. The lowest BCUT2D eigenvalue weighted by Crippen LogP contribution is -1.91. The summed E-state index contributed by atoms with van der Waals surface area (Å²) in [6.45, 7) is 0. The Morgan fingerprint density at radius 1 is 0.833 bits per heavy atom. The molecule has 0 N–H and O–H groups in total. The standard InChI is InChI=1S/C11H16O/c1-2-4-6-8-10-11(12-10)9-7-5-3-1/h2,4-5,7,10-11H,1,3,6,8-9H2/b4-2?,7-5+. The normalized spacial score (nSPS) is 38.0. The zero-order valence-corrected chi connectivity index (χ0v) is 7.41. The van der Waals surface area contributed by atoms with Crippen LogP contribution in [-0.4, -0.2) is 12.2 Å². The van der Waals surface area contributed by atoms with Gasteiger partial charge >= 0.3 is 0 Å². The molecule has 1 fully saturated rings. The molecule has 0 radical (unpaired) electrons. The summed E-state index contributed by atoms with van der Waals surface area (Å²) in [7, 11) is 0. The molecule has 1 aliphatic heterocycles. The second-order valence-electron chi connectivity index (χ2n) is 3.55. The molecule has 0 aromatic carbocycles. The predicted molar refractivity (Wildman–Crippen MR) is 50.0 cm³/mol. The van der Waals surface area contributed by atoms with Crippen molar-refractivity contribution in [1.29, 1.82) is 0 Å². The number of rotatable bonds is 0. The minimum atomic E-state index is 0.549. The molecule has 0 saturated carbocycles. The van der Waals surface area contributed by atoms with Crippen LogP contribution in [-0.2, 0) is 4.74 Å². The zero-order valence-electron chi connectivity index (χ0n) is 7.41. The van der Waals surface area contributed by atoms with Gasteiger partial charge in [-0.2, -0.15) is 0 Å². The van der Waals surface area contributed by atoms with E-state index in [4.69, 9.17) is 4.74 Å². The van der Waals surface area contributed by atoms with Crippen LogP contribution in [0.25, 0.3) is 0 Å². The fourth-order valence-corrected chi connectivity index (χ4v) is 1.68. The van der Waals surface area contributed by atoms with Gasteiger partial charge in [0.25, 0.3) is 0 Å². The van der Waals surface area contributed by atoms with Gasteiger partial charge in [-0.1, -0.05) is 24.3 Å². The van der Waals surface area contributed by atoms with E-state index in [1.54, 1.807) is 0 Å². The molecule has 0 amide bonds. The Morgan fingerprint density at radius 2 is 1.58 bits per heavy atom. The van der Waals surface area contributed by atoms with Gasteiger partial charge in [-0.3, -0.25) is 0 Å². The number of fused-ring (bicyclic) bond motifs is 1. The number of allylic oxidation sites excluding steroid dienone is 3. The third-order valence-electron chi connectivity index (χ3n) is 2.51. The summed E-state index contributed by atoms with van der Waals surface area (Å²) >= 11 is 0. The predicted octanol–water partition coefficient (Wildman–Crippen LogP) is 2.83. The Labute approximate surface area is 74.1 Å². The first-order valence-electron chi connectivity index (χ1n) is 4.92. The highest BCUT2D eigenvalue weighted by Crippen LogP contribution is 2.30. The van der Waals surface area contributed by atoms with Crippen molar-refractivity contribution in [2.24, 2.45) is 0 Å². The van der Waals surface area contributed by atoms with Gasteiger partial charge in [0, 0.05) is 0 Å². The topological polar surface area (TPSA) is 12.5 Å². The van der Waals surface area contributed by atoms with Crippen molar-refractivity contribution in [3.63, 3.8) is 0 Å². The molecule has 0 aromatic rings. The maximum atomic E-state index is 5.50. The molecular weight excluding hydrogens is 148 g/mol. The van der Waals surface area contributed by atoms with E-state index in [1.807, 2.05) is 0 Å². The molecule has 1 nitrogen and oxygen atoms in total. The molecule has 1 aliphatic carbocycles. The van der Waals surface area contributed by atoms with Crippen molar-refractivity contribution in [3.8, 4) is 0 Å². The van der Waals surface area contributed by atoms with Crippen LogP contribution in [0, 0.1) is 0 Å². The monoisotopic (exact) mass is 164 g/mol. The lowest BCUT2D eigenvalue weighted by molar-refractivity contribution is 0.364. The second kappa shape index (κ2) is 3.90. The summed E-state index contributed by atoms with van der Waals surface area (Å²) in [5, 5.41) is 0. The van der Waals surface area contributed by atoms with Gasteiger partial charge in [-0.15, -0.1) is 0 Å². The molecule has 2 unspecified atom stereocenters. The van der Waals surface area contributed by atoms with E-state index in [-0.39, 0.29) is 0 Å². The third kappa shape index (κ3) is 2.21. The molecular formula is C11H16O. The zero-order chi connectivity index (χ0) is 8.23. The van der Waals surface area contributed by atoms with Crippen LogP contribution in [0.1, 0.15) is 32.1 Å². The maximum absolute atomic E-state index is 5.50. The van der Waals surface area contributed by atoms with Crippen molar-refractivity contribution in [2.45, 2.75) is 44.3 Å². The first-order chi connectivity index (χ1) is 5.97. The van der Waals surface area contributed by atoms with E-state index < -0.39 is 0 Å². The first kappa shape index (κ1) is 8.06. The molecule has 12 heavy (non-hydrogen) atoms. The van der Waals surface area contributed by atoms with E-state index in [9.17, 15) is 0 Å². The molecule has 1 heterocycles. The summed E-state index contributed by atoms with van der Waals surface area (Å²) < 4.78 is 5.50. The van der Waals surface area contributed by atoms with E-state index in [2.05, 4.69) is 24.3 Å². The minimum absolute atomic E-state index is 0.549. The Morgan fingerprint density at radius 3 is 2.50 bits per heavy atom. The Hall–Kier alpha value is -0.560. The van der Waals surface area contributed by atoms with Crippen LogP contribution < -0.4 is 0 Å². The lowest BCUT2D eigenvalue weighted by atomic mass is 10.1. The fourth-order valence-electron chi connectivity index (χ4n) is 1.68. The van der Waals surface area contributed by atoms with Crippen LogP contribution in [0.15, 0.2) is 24.3 Å². The number of ether oxygens (including phenoxy) is 1. The van der Waals surface area contributed by atoms with Gasteiger partial charge in [-0.25, -0.2) is 0 Å². The van der Waals surface area contributed by atoms with Crippen LogP contribution in [0.3, 0.4) is 0 Å². The van der Waals surface area contributed by atoms with Gasteiger partial charge in [0.2, 0.25) is 0 Å². The third-order valence-corrected chi connectivity index (χ3v) is 2.51. The highest BCUT2D eigenvalue weighted by atomic mass is 16.6. The highest BCUT2D eigenvalue weighted by molar-refractivity contribution is 4.97. The molecule has 2 aliphatic rings. The van der Waals surface area contributed by atoms with Crippen LogP contribution in [0.5, 0.6) is 0 Å².